The van der Waals surface area contributed by atoms with Gasteiger partial charge in [-0.3, -0.25) is 4.79 Å². The van der Waals surface area contributed by atoms with E-state index in [1.807, 2.05) is 13.8 Å². The van der Waals surface area contributed by atoms with Gasteiger partial charge in [0.2, 0.25) is 0 Å². The largest absolute Gasteiger partial charge is 0.383 e. The van der Waals surface area contributed by atoms with Crippen molar-refractivity contribution in [3.05, 3.63) is 34.4 Å². The number of nitrogen functional groups attached to an aromatic ring is 1. The Morgan fingerprint density at radius 3 is 2.47 bits per heavy atom. The lowest BCUT2D eigenvalue weighted by Gasteiger charge is -2.08. The van der Waals surface area contributed by atoms with Crippen molar-refractivity contribution in [3.8, 4) is 11.6 Å². The van der Waals surface area contributed by atoms with E-state index in [4.69, 9.17) is 5.73 Å². The number of nitrogens with one attached hydrogen (secondary N) is 1. The number of hydrogen-bond donors (Lipinski definition) is 2. The van der Waals surface area contributed by atoms with Gasteiger partial charge in [-0.05, 0) is 12.0 Å². The second kappa shape index (κ2) is 4.32. The topological polar surface area (TPSA) is 97.5 Å². The van der Waals surface area contributed by atoms with E-state index in [2.05, 4.69) is 19.9 Å². The highest BCUT2D eigenvalue weighted by atomic mass is 16.1. The normalized spacial score (nSPS) is 10.8. The average Bonchev–Trinajstić information content (AvgIpc) is 2.28. The van der Waals surface area contributed by atoms with Gasteiger partial charge in [-0.2, -0.15) is 0 Å². The maximum absolute atomic E-state index is 11.8. The average molecular weight is 231 g/mol. The van der Waals surface area contributed by atoms with Crippen molar-refractivity contribution in [2.24, 2.45) is 0 Å². The molecule has 2 aromatic rings. The van der Waals surface area contributed by atoms with E-state index in [0.29, 0.717) is 11.4 Å². The fourth-order valence-corrected chi connectivity index (χ4v) is 1.59. The summed E-state index contributed by atoms with van der Waals surface area (Å²) in [4.78, 5) is 26.6. The maximum Gasteiger partial charge on any atom is 0.256 e. The summed E-state index contributed by atoms with van der Waals surface area (Å²) in [6, 6.07) is 1.69. The maximum atomic E-state index is 11.8. The van der Waals surface area contributed by atoms with Gasteiger partial charge in [0.25, 0.3) is 5.56 Å². The minimum Gasteiger partial charge on any atom is -0.383 e. The van der Waals surface area contributed by atoms with Crippen LogP contribution in [0.3, 0.4) is 0 Å². The molecular weight excluding hydrogens is 218 g/mol. The molecule has 0 unspecified atom stereocenters. The Bertz CT molecular complexity index is 576. The fourth-order valence-electron chi connectivity index (χ4n) is 1.59. The molecule has 0 saturated heterocycles. The highest BCUT2D eigenvalue weighted by Crippen LogP contribution is 2.17. The summed E-state index contributed by atoms with van der Waals surface area (Å²) in [5, 5.41) is 0. The van der Waals surface area contributed by atoms with Crippen LogP contribution in [0.2, 0.25) is 0 Å². The number of anilines is 1. The summed E-state index contributed by atoms with van der Waals surface area (Å²) < 4.78 is 0. The Hall–Kier alpha value is -2.24. The summed E-state index contributed by atoms with van der Waals surface area (Å²) >= 11 is 0. The monoisotopic (exact) mass is 231 g/mol. The second-order valence-electron chi connectivity index (χ2n) is 3.94. The van der Waals surface area contributed by atoms with Crippen molar-refractivity contribution in [1.29, 1.82) is 0 Å². The van der Waals surface area contributed by atoms with Crippen molar-refractivity contribution in [2.75, 3.05) is 5.73 Å². The molecule has 0 aliphatic rings. The standard InChI is InChI=1S/C11H13N5O/c1-6(2)7-8(12)15-10(16-11(7)17)9-13-4-3-5-14-9/h3-6H,1-2H3,(H3,12,15,16,17). The third kappa shape index (κ3) is 2.15. The highest BCUT2D eigenvalue weighted by molar-refractivity contribution is 5.49. The number of nitrogens with two attached hydrogens (primary N) is 1. The first-order valence-corrected chi connectivity index (χ1v) is 5.26. The molecular formula is C11H13N5O. The molecule has 0 aromatic carbocycles. The molecule has 0 aliphatic carbocycles. The quantitative estimate of drug-likeness (QED) is 0.801. The zero-order chi connectivity index (χ0) is 12.4. The van der Waals surface area contributed by atoms with Crippen LogP contribution in [-0.4, -0.2) is 19.9 Å². The number of rotatable bonds is 2. The lowest BCUT2D eigenvalue weighted by molar-refractivity contribution is 0.835. The molecule has 0 fully saturated rings. The predicted molar refractivity (Wildman–Crippen MR) is 64.4 cm³/mol. The van der Waals surface area contributed by atoms with Crippen molar-refractivity contribution >= 4 is 5.82 Å². The van der Waals surface area contributed by atoms with Crippen molar-refractivity contribution < 1.29 is 0 Å². The van der Waals surface area contributed by atoms with Crippen LogP contribution < -0.4 is 11.3 Å². The predicted octanol–water partition coefficient (Wildman–Crippen LogP) is 0.932. The lowest BCUT2D eigenvalue weighted by atomic mass is 10.1. The van der Waals surface area contributed by atoms with Crippen LogP contribution in [0.4, 0.5) is 5.82 Å². The molecule has 0 radical (unpaired) electrons. The first-order chi connectivity index (χ1) is 8.09. The third-order valence-corrected chi connectivity index (χ3v) is 2.34. The van der Waals surface area contributed by atoms with E-state index < -0.39 is 0 Å². The number of aromatic nitrogens is 4. The summed E-state index contributed by atoms with van der Waals surface area (Å²) in [6.45, 7) is 3.78. The Balaban J connectivity index is 2.58. The van der Waals surface area contributed by atoms with Gasteiger partial charge < -0.3 is 10.7 Å². The summed E-state index contributed by atoms with van der Waals surface area (Å²) in [5.41, 5.74) is 6.02. The van der Waals surface area contributed by atoms with E-state index in [9.17, 15) is 4.79 Å². The number of aromatic amines is 1. The van der Waals surface area contributed by atoms with Gasteiger partial charge >= 0.3 is 0 Å². The van der Waals surface area contributed by atoms with Gasteiger partial charge in [0.1, 0.15) is 5.82 Å². The molecule has 0 bridgehead atoms. The lowest BCUT2D eigenvalue weighted by Crippen LogP contribution is -2.19. The molecule has 3 N–H and O–H groups in total. The summed E-state index contributed by atoms with van der Waals surface area (Å²) in [5.74, 6) is 0.896. The first-order valence-electron chi connectivity index (χ1n) is 5.26. The Morgan fingerprint density at radius 1 is 1.29 bits per heavy atom. The molecule has 88 valence electrons. The summed E-state index contributed by atoms with van der Waals surface area (Å²) in [7, 11) is 0. The summed E-state index contributed by atoms with van der Waals surface area (Å²) in [6.07, 6.45) is 3.16. The molecule has 2 heterocycles. The van der Waals surface area contributed by atoms with Crippen LogP contribution in [0.5, 0.6) is 0 Å². The molecule has 0 saturated carbocycles. The Labute approximate surface area is 98.0 Å². The van der Waals surface area contributed by atoms with E-state index in [-0.39, 0.29) is 23.1 Å². The molecule has 2 aromatic heterocycles. The zero-order valence-corrected chi connectivity index (χ0v) is 9.64. The molecule has 17 heavy (non-hydrogen) atoms. The highest BCUT2D eigenvalue weighted by Gasteiger charge is 2.13. The van der Waals surface area contributed by atoms with Crippen molar-refractivity contribution in [3.63, 3.8) is 0 Å². The Morgan fingerprint density at radius 2 is 1.94 bits per heavy atom. The minimum atomic E-state index is -0.241. The molecule has 2 rings (SSSR count). The minimum absolute atomic E-state index is 0.0250. The van der Waals surface area contributed by atoms with Crippen LogP contribution in [-0.2, 0) is 0 Å². The molecule has 0 amide bonds. The molecule has 0 atom stereocenters. The van der Waals surface area contributed by atoms with Gasteiger partial charge in [0.05, 0.1) is 5.56 Å². The second-order valence-corrected chi connectivity index (χ2v) is 3.94. The van der Waals surface area contributed by atoms with Crippen LogP contribution >= 0.6 is 0 Å². The van der Waals surface area contributed by atoms with Crippen LogP contribution in [0.1, 0.15) is 25.3 Å². The molecule has 0 aliphatic heterocycles. The number of H-pyrrole nitrogens is 1. The third-order valence-electron chi connectivity index (χ3n) is 2.34. The fraction of sp³-hybridized carbons (Fsp3) is 0.273. The Kier molecular flexibility index (Phi) is 2.86. The molecule has 6 heteroatoms. The van der Waals surface area contributed by atoms with Gasteiger partial charge in [0, 0.05) is 12.4 Å². The van der Waals surface area contributed by atoms with Crippen LogP contribution in [0.15, 0.2) is 23.3 Å². The van der Waals surface area contributed by atoms with Gasteiger partial charge in [-0.15, -0.1) is 0 Å². The number of hydrogen-bond acceptors (Lipinski definition) is 5. The number of nitrogens with zero attached hydrogens (tertiary/aromatic N) is 3. The first kappa shape index (κ1) is 11.3. The van der Waals surface area contributed by atoms with E-state index in [1.54, 1.807) is 18.5 Å². The van der Waals surface area contributed by atoms with Crippen LogP contribution in [0, 0.1) is 0 Å². The smallest absolute Gasteiger partial charge is 0.256 e. The molecule has 6 nitrogen and oxygen atoms in total. The van der Waals surface area contributed by atoms with E-state index >= 15 is 0 Å². The van der Waals surface area contributed by atoms with E-state index in [1.165, 1.54) is 0 Å². The zero-order valence-electron chi connectivity index (χ0n) is 9.64. The SMILES string of the molecule is CC(C)c1c(N)nc(-c2ncccn2)[nH]c1=O. The van der Waals surface area contributed by atoms with Gasteiger partial charge in [0.15, 0.2) is 11.6 Å². The van der Waals surface area contributed by atoms with Crippen molar-refractivity contribution in [2.45, 2.75) is 19.8 Å². The van der Waals surface area contributed by atoms with Crippen LogP contribution in [0.25, 0.3) is 11.6 Å². The van der Waals surface area contributed by atoms with Gasteiger partial charge in [-0.25, -0.2) is 15.0 Å². The van der Waals surface area contributed by atoms with Gasteiger partial charge in [-0.1, -0.05) is 13.8 Å². The molecule has 0 spiro atoms. The van der Waals surface area contributed by atoms with E-state index in [0.717, 1.165) is 0 Å². The van der Waals surface area contributed by atoms with Crippen molar-refractivity contribution in [1.82, 2.24) is 19.9 Å².